The van der Waals surface area contributed by atoms with Gasteiger partial charge in [-0.3, -0.25) is 14.4 Å². The Kier molecular flexibility index (Phi) is 11.6. The largest absolute Gasteiger partial charge is 0.488 e. The molecule has 1 rings (SSSR count). The van der Waals surface area contributed by atoms with Gasteiger partial charge in [0.25, 0.3) is 0 Å². The molecule has 0 aliphatic heterocycles. The first kappa shape index (κ1) is 27.3. The molecule has 2 unspecified atom stereocenters. The minimum absolute atomic E-state index is 0.0358. The van der Waals surface area contributed by atoms with Crippen LogP contribution < -0.4 is 21.0 Å². The fourth-order valence-electron chi connectivity index (χ4n) is 2.82. The molecule has 0 spiro atoms. The fourth-order valence-corrected chi connectivity index (χ4v) is 3.22. The predicted octanol–water partition coefficient (Wildman–Crippen LogP) is -0.380. The summed E-state index contributed by atoms with van der Waals surface area (Å²) in [5.74, 6) is -3.50. The van der Waals surface area contributed by atoms with Gasteiger partial charge in [-0.25, -0.2) is 4.79 Å². The molecule has 0 fully saturated rings. The highest BCUT2D eigenvalue weighted by Crippen LogP contribution is 2.18. The molecule has 32 heavy (non-hydrogen) atoms. The van der Waals surface area contributed by atoms with Crippen molar-refractivity contribution in [3.8, 4) is 0 Å². The zero-order valence-electron chi connectivity index (χ0n) is 17.6. The molecule has 0 saturated carbocycles. The standard InChI is InChI=1S/C19H28BN3O8S/c1-23(13-6-2-5-12(11-13)20(30)31)15(24)8-3-7-14(18(27)28)17(32)22-19(29)21-10-4-9-16(25)26/h2,5-6,11,14,17,30-32H,3-4,7-10H2,1H3,(H,25,26)(H,27,28)(H2,21,22,29). The van der Waals surface area contributed by atoms with Crippen LogP contribution >= 0.6 is 12.6 Å². The van der Waals surface area contributed by atoms with Gasteiger partial charge in [0, 0.05) is 32.1 Å². The number of urea groups is 1. The van der Waals surface area contributed by atoms with Crippen molar-refractivity contribution in [3.05, 3.63) is 24.3 Å². The molecule has 3 amide bonds. The summed E-state index contributed by atoms with van der Waals surface area (Å²) in [6.07, 6.45) is 0.473. The van der Waals surface area contributed by atoms with E-state index < -0.39 is 36.4 Å². The van der Waals surface area contributed by atoms with Crippen molar-refractivity contribution >= 4 is 54.8 Å². The van der Waals surface area contributed by atoms with Gasteiger partial charge in [-0.2, -0.15) is 12.6 Å². The Morgan fingerprint density at radius 1 is 1.12 bits per heavy atom. The average molecular weight is 469 g/mol. The number of nitrogens with zero attached hydrogens (tertiary/aromatic N) is 1. The van der Waals surface area contributed by atoms with Crippen LogP contribution in [-0.4, -0.2) is 70.2 Å². The van der Waals surface area contributed by atoms with Crippen LogP contribution in [0.2, 0.25) is 0 Å². The summed E-state index contributed by atoms with van der Waals surface area (Å²) in [6, 6.07) is 5.52. The van der Waals surface area contributed by atoms with Crippen LogP contribution in [0.3, 0.4) is 0 Å². The van der Waals surface area contributed by atoms with Gasteiger partial charge in [0.1, 0.15) is 0 Å². The first-order valence-corrected chi connectivity index (χ1v) is 10.4. The molecule has 0 aliphatic carbocycles. The molecule has 1 aromatic rings. The molecule has 176 valence electrons. The molecule has 11 nitrogen and oxygen atoms in total. The van der Waals surface area contributed by atoms with E-state index in [4.69, 9.17) is 5.11 Å². The number of carbonyl (C=O) groups excluding carboxylic acids is 2. The zero-order valence-corrected chi connectivity index (χ0v) is 18.5. The number of amides is 3. The quantitative estimate of drug-likeness (QED) is 0.0885. The minimum Gasteiger partial charge on any atom is -0.481 e. The Bertz CT molecular complexity index is 811. The minimum atomic E-state index is -1.66. The van der Waals surface area contributed by atoms with Gasteiger partial charge in [0.2, 0.25) is 5.91 Å². The van der Waals surface area contributed by atoms with Crippen molar-refractivity contribution in [1.82, 2.24) is 10.6 Å². The van der Waals surface area contributed by atoms with Crippen molar-refractivity contribution in [2.75, 3.05) is 18.5 Å². The molecule has 0 radical (unpaired) electrons. The van der Waals surface area contributed by atoms with Crippen LogP contribution in [0, 0.1) is 5.92 Å². The second-order valence-electron chi connectivity index (χ2n) is 7.10. The van der Waals surface area contributed by atoms with Crippen molar-refractivity contribution in [3.63, 3.8) is 0 Å². The number of carboxylic acid groups (broad SMARTS) is 2. The van der Waals surface area contributed by atoms with Gasteiger partial charge in [-0.05, 0) is 36.9 Å². The third-order valence-corrected chi connectivity index (χ3v) is 5.15. The summed E-state index contributed by atoms with van der Waals surface area (Å²) in [5, 5.41) is 40.3. The predicted molar refractivity (Wildman–Crippen MR) is 121 cm³/mol. The number of hydrogen-bond acceptors (Lipinski definition) is 7. The maximum absolute atomic E-state index is 12.4. The number of anilines is 1. The summed E-state index contributed by atoms with van der Waals surface area (Å²) in [4.78, 5) is 47.6. The summed E-state index contributed by atoms with van der Waals surface area (Å²) >= 11 is 4.14. The molecule has 1 aromatic carbocycles. The van der Waals surface area contributed by atoms with E-state index in [0.29, 0.717) is 5.69 Å². The van der Waals surface area contributed by atoms with Crippen LogP contribution in [0.1, 0.15) is 32.1 Å². The maximum Gasteiger partial charge on any atom is 0.488 e. The van der Waals surface area contributed by atoms with Gasteiger partial charge >= 0.3 is 25.1 Å². The van der Waals surface area contributed by atoms with Crippen molar-refractivity contribution < 1.29 is 39.4 Å². The molecular weight excluding hydrogens is 441 g/mol. The molecule has 0 aromatic heterocycles. The van der Waals surface area contributed by atoms with Crippen molar-refractivity contribution in [1.29, 1.82) is 0 Å². The lowest BCUT2D eigenvalue weighted by Gasteiger charge is -2.22. The first-order valence-electron chi connectivity index (χ1n) is 9.92. The van der Waals surface area contributed by atoms with Crippen molar-refractivity contribution in [2.24, 2.45) is 5.92 Å². The highest BCUT2D eigenvalue weighted by atomic mass is 32.1. The summed E-state index contributed by atoms with van der Waals surface area (Å²) < 4.78 is 0. The van der Waals surface area contributed by atoms with Gasteiger partial charge < -0.3 is 35.8 Å². The highest BCUT2D eigenvalue weighted by Gasteiger charge is 2.27. The number of hydrogen-bond donors (Lipinski definition) is 7. The SMILES string of the molecule is CN(C(=O)CCCC(C(=O)O)C(S)NC(=O)NCCCC(=O)O)c1cccc(B(O)O)c1. The maximum atomic E-state index is 12.4. The van der Waals surface area contributed by atoms with Crippen LogP contribution in [0.25, 0.3) is 0 Å². The number of thiol groups is 1. The Labute approximate surface area is 191 Å². The number of carbonyl (C=O) groups is 4. The number of carboxylic acids is 2. The lowest BCUT2D eigenvalue weighted by atomic mass is 9.80. The summed E-state index contributed by atoms with van der Waals surface area (Å²) in [5.41, 5.74) is 0.696. The van der Waals surface area contributed by atoms with Crippen LogP contribution in [0.15, 0.2) is 24.3 Å². The Morgan fingerprint density at radius 3 is 2.41 bits per heavy atom. The molecule has 0 bridgehead atoms. The molecule has 13 heteroatoms. The van der Waals surface area contributed by atoms with Crippen LogP contribution in [0.5, 0.6) is 0 Å². The highest BCUT2D eigenvalue weighted by molar-refractivity contribution is 7.81. The third-order valence-electron chi connectivity index (χ3n) is 4.67. The second kappa shape index (κ2) is 13.6. The molecular formula is C19H28BN3O8S. The van der Waals surface area contributed by atoms with E-state index in [2.05, 4.69) is 23.3 Å². The Balaban J connectivity index is 2.53. The van der Waals surface area contributed by atoms with E-state index in [1.165, 1.54) is 24.1 Å². The molecule has 0 saturated heterocycles. The molecule has 6 N–H and O–H groups in total. The normalized spacial score (nSPS) is 12.4. The van der Waals surface area contributed by atoms with Crippen molar-refractivity contribution in [2.45, 2.75) is 37.5 Å². The zero-order chi connectivity index (χ0) is 24.3. The van der Waals surface area contributed by atoms with E-state index in [1.54, 1.807) is 12.1 Å². The van der Waals surface area contributed by atoms with E-state index in [0.717, 1.165) is 0 Å². The van der Waals surface area contributed by atoms with Gasteiger partial charge in [0.05, 0.1) is 11.3 Å². The Morgan fingerprint density at radius 2 is 1.81 bits per heavy atom. The fraction of sp³-hybridized carbons (Fsp3) is 0.474. The Hall–Kier alpha value is -2.77. The third kappa shape index (κ3) is 9.58. The summed E-state index contributed by atoms with van der Waals surface area (Å²) in [6.45, 7) is 0.117. The van der Waals surface area contributed by atoms with Crippen LogP contribution in [-0.2, 0) is 14.4 Å². The monoisotopic (exact) mass is 469 g/mol. The number of rotatable bonds is 13. The molecule has 0 aliphatic rings. The number of aliphatic carboxylic acids is 2. The van der Waals surface area contributed by atoms with E-state index in [9.17, 15) is 34.3 Å². The van der Waals surface area contributed by atoms with E-state index in [1.807, 2.05) is 0 Å². The average Bonchev–Trinajstić information content (AvgIpc) is 2.73. The van der Waals surface area contributed by atoms with Crippen LogP contribution in [0.4, 0.5) is 10.5 Å². The lowest BCUT2D eigenvalue weighted by molar-refractivity contribution is -0.142. The molecule has 0 heterocycles. The van der Waals surface area contributed by atoms with Gasteiger partial charge in [-0.15, -0.1) is 0 Å². The lowest BCUT2D eigenvalue weighted by Crippen LogP contribution is -2.45. The van der Waals surface area contributed by atoms with E-state index in [-0.39, 0.29) is 50.0 Å². The second-order valence-corrected chi connectivity index (χ2v) is 7.66. The first-order chi connectivity index (χ1) is 15.0. The number of benzene rings is 1. The van der Waals surface area contributed by atoms with Gasteiger partial charge in [0.15, 0.2) is 0 Å². The number of nitrogens with one attached hydrogen (secondary N) is 2. The smallest absolute Gasteiger partial charge is 0.481 e. The molecule has 2 atom stereocenters. The topological polar surface area (TPSA) is 176 Å². The summed E-state index contributed by atoms with van der Waals surface area (Å²) in [7, 11) is -0.138. The van der Waals surface area contributed by atoms with Gasteiger partial charge in [-0.1, -0.05) is 12.1 Å². The van der Waals surface area contributed by atoms with E-state index >= 15 is 0 Å².